The van der Waals surface area contributed by atoms with Gasteiger partial charge in [0.1, 0.15) is 6.10 Å². The second-order valence-corrected chi connectivity index (χ2v) is 8.28. The first-order chi connectivity index (χ1) is 10.9. The van der Waals surface area contributed by atoms with Gasteiger partial charge in [-0.15, -0.1) is 0 Å². The van der Waals surface area contributed by atoms with Crippen molar-refractivity contribution in [3.05, 3.63) is 34.9 Å². The van der Waals surface area contributed by atoms with Gasteiger partial charge in [0.25, 0.3) is 0 Å². The Hall–Kier alpha value is -0.860. The molecule has 0 radical (unpaired) electrons. The molecule has 1 heterocycles. The first kappa shape index (κ1) is 17.0. The smallest absolute Gasteiger partial charge is 0.182 e. The summed E-state index contributed by atoms with van der Waals surface area (Å²) in [6.45, 7) is 9.22. The third kappa shape index (κ3) is 3.49. The Kier molecular flexibility index (Phi) is 4.85. The molecule has 2 heteroatoms. The van der Waals surface area contributed by atoms with Crippen molar-refractivity contribution in [1.82, 2.24) is 0 Å². The lowest BCUT2D eigenvalue weighted by molar-refractivity contribution is 0.114. The molecule has 128 valence electrons. The summed E-state index contributed by atoms with van der Waals surface area (Å²) in [6.07, 6.45) is 6.66. The highest BCUT2D eigenvalue weighted by Crippen LogP contribution is 2.48. The molecule has 0 saturated carbocycles. The molecule has 1 aliphatic carbocycles. The van der Waals surface area contributed by atoms with Crippen LogP contribution in [0, 0.1) is 11.3 Å². The van der Waals surface area contributed by atoms with E-state index in [0.717, 1.165) is 12.8 Å². The number of hydrogen-bond acceptors (Lipinski definition) is 2. The van der Waals surface area contributed by atoms with Crippen LogP contribution in [-0.2, 0) is 17.6 Å². The maximum Gasteiger partial charge on any atom is 0.182 e. The average molecular weight is 316 g/mol. The van der Waals surface area contributed by atoms with Gasteiger partial charge in [0.05, 0.1) is 0 Å². The van der Waals surface area contributed by atoms with Crippen LogP contribution in [-0.4, -0.2) is 17.5 Å². The monoisotopic (exact) mass is 316 g/mol. The van der Waals surface area contributed by atoms with E-state index in [2.05, 4.69) is 45.9 Å². The fourth-order valence-corrected chi connectivity index (χ4v) is 4.26. The molecule has 1 saturated heterocycles. The van der Waals surface area contributed by atoms with E-state index in [4.69, 9.17) is 4.74 Å². The summed E-state index contributed by atoms with van der Waals surface area (Å²) in [5, 5.41) is 9.78. The van der Waals surface area contributed by atoms with Crippen LogP contribution < -0.4 is 0 Å². The van der Waals surface area contributed by atoms with Crippen molar-refractivity contribution in [3.8, 4) is 0 Å². The van der Waals surface area contributed by atoms with Crippen LogP contribution >= 0.6 is 0 Å². The Morgan fingerprint density at radius 3 is 2.57 bits per heavy atom. The highest BCUT2D eigenvalue weighted by molar-refractivity contribution is 5.34. The van der Waals surface area contributed by atoms with E-state index >= 15 is 0 Å². The van der Waals surface area contributed by atoms with Crippen molar-refractivity contribution in [2.45, 2.75) is 84.5 Å². The number of hydrogen-bond donors (Lipinski definition) is 1. The van der Waals surface area contributed by atoms with Crippen LogP contribution in [0.25, 0.3) is 0 Å². The average Bonchev–Trinajstić information content (AvgIpc) is 3.26. The number of aliphatic hydroxyl groups excluding tert-OH is 1. The van der Waals surface area contributed by atoms with E-state index in [1.165, 1.54) is 31.2 Å². The fourth-order valence-electron chi connectivity index (χ4n) is 4.26. The van der Waals surface area contributed by atoms with Gasteiger partial charge in [-0.05, 0) is 60.6 Å². The Morgan fingerprint density at radius 2 is 1.91 bits per heavy atom. The summed E-state index contributed by atoms with van der Waals surface area (Å²) in [4.78, 5) is 0. The number of benzene rings is 1. The van der Waals surface area contributed by atoms with Crippen LogP contribution in [0.15, 0.2) is 18.2 Å². The first-order valence-corrected chi connectivity index (χ1v) is 9.37. The normalized spacial score (nSPS) is 35.0. The predicted molar refractivity (Wildman–Crippen MR) is 94.6 cm³/mol. The Balaban J connectivity index is 1.81. The Labute approximate surface area is 141 Å². The highest BCUT2D eigenvalue weighted by Gasteiger charge is 2.53. The molecule has 0 bridgehead atoms. The largest absolute Gasteiger partial charge is 0.366 e. The van der Waals surface area contributed by atoms with Crippen LogP contribution in [0.2, 0.25) is 0 Å². The number of aryl methyl sites for hydroxylation is 2. The number of ether oxygens (including phenoxy) is 1. The molecule has 4 unspecified atom stereocenters. The Bertz CT molecular complexity index is 551. The van der Waals surface area contributed by atoms with E-state index in [-0.39, 0.29) is 11.5 Å². The molecule has 4 atom stereocenters. The molecule has 0 amide bonds. The third-order valence-corrected chi connectivity index (χ3v) is 6.40. The quantitative estimate of drug-likeness (QED) is 0.793. The summed E-state index contributed by atoms with van der Waals surface area (Å²) < 4.78 is 5.47. The van der Waals surface area contributed by atoms with E-state index in [1.807, 2.05) is 0 Å². The maximum absolute atomic E-state index is 9.78. The van der Waals surface area contributed by atoms with Crippen molar-refractivity contribution in [2.24, 2.45) is 11.3 Å². The van der Waals surface area contributed by atoms with Crippen molar-refractivity contribution in [3.63, 3.8) is 0 Å². The molecule has 2 nitrogen and oxygen atoms in total. The highest BCUT2D eigenvalue weighted by atomic mass is 16.7. The zero-order valence-corrected chi connectivity index (χ0v) is 15.1. The molecule has 0 spiro atoms. The summed E-state index contributed by atoms with van der Waals surface area (Å²) in [5.41, 5.74) is 4.67. The standard InChI is InChI=1S/C21H32O2/c1-14(2)17-11-10-16-7-5-6-12-21(4,19-20(22)23-19)15(3)8-9-18(16)13-17/h10-11,13-15,19-20,22H,5-9,12H2,1-4H3. The number of rotatable bonds is 2. The van der Waals surface area contributed by atoms with Crippen molar-refractivity contribution in [1.29, 1.82) is 0 Å². The van der Waals surface area contributed by atoms with Gasteiger partial charge in [-0.1, -0.05) is 52.3 Å². The molecular formula is C21H32O2. The van der Waals surface area contributed by atoms with E-state index in [9.17, 15) is 5.11 Å². The minimum atomic E-state index is -0.523. The van der Waals surface area contributed by atoms with Crippen LogP contribution in [0.5, 0.6) is 0 Å². The SMILES string of the molecule is CC(C)c1ccc2c(c1)CCC(C)C(C)(C1OC1O)CCCC2. The van der Waals surface area contributed by atoms with E-state index in [1.54, 1.807) is 11.1 Å². The molecular weight excluding hydrogens is 284 g/mol. The Morgan fingerprint density at radius 1 is 1.17 bits per heavy atom. The zero-order chi connectivity index (χ0) is 16.6. The second kappa shape index (κ2) is 6.57. The molecule has 0 aromatic heterocycles. The topological polar surface area (TPSA) is 32.8 Å². The van der Waals surface area contributed by atoms with Crippen molar-refractivity contribution in [2.75, 3.05) is 0 Å². The predicted octanol–water partition coefficient (Wildman–Crippen LogP) is 4.83. The third-order valence-electron chi connectivity index (χ3n) is 6.40. The van der Waals surface area contributed by atoms with E-state index in [0.29, 0.717) is 11.8 Å². The van der Waals surface area contributed by atoms with Gasteiger partial charge in [-0.2, -0.15) is 0 Å². The van der Waals surface area contributed by atoms with Gasteiger partial charge in [0, 0.05) is 5.41 Å². The minimum absolute atomic E-state index is 0.0541. The molecule has 1 aliphatic heterocycles. The second-order valence-electron chi connectivity index (χ2n) is 8.28. The lowest BCUT2D eigenvalue weighted by Gasteiger charge is -2.35. The zero-order valence-electron chi connectivity index (χ0n) is 15.1. The molecule has 23 heavy (non-hydrogen) atoms. The van der Waals surface area contributed by atoms with Crippen molar-refractivity contribution < 1.29 is 9.84 Å². The van der Waals surface area contributed by atoms with Crippen LogP contribution in [0.1, 0.15) is 76.0 Å². The molecule has 1 N–H and O–H groups in total. The number of fused-ring (bicyclic) bond motifs is 1. The van der Waals surface area contributed by atoms with Gasteiger partial charge in [0.2, 0.25) is 0 Å². The number of aliphatic hydroxyl groups is 1. The van der Waals surface area contributed by atoms with Gasteiger partial charge in [-0.3, -0.25) is 0 Å². The molecule has 2 aliphatic rings. The molecule has 1 aromatic rings. The number of epoxide rings is 1. The molecule has 1 fully saturated rings. The van der Waals surface area contributed by atoms with Crippen LogP contribution in [0.4, 0.5) is 0 Å². The maximum atomic E-state index is 9.78. The van der Waals surface area contributed by atoms with Gasteiger partial charge < -0.3 is 9.84 Å². The fraction of sp³-hybridized carbons (Fsp3) is 0.714. The lowest BCUT2D eigenvalue weighted by atomic mass is 9.69. The van der Waals surface area contributed by atoms with Crippen LogP contribution in [0.3, 0.4) is 0 Å². The molecule has 3 rings (SSSR count). The summed E-state index contributed by atoms with van der Waals surface area (Å²) in [6, 6.07) is 7.12. The summed E-state index contributed by atoms with van der Waals surface area (Å²) in [5.74, 6) is 1.16. The summed E-state index contributed by atoms with van der Waals surface area (Å²) in [7, 11) is 0. The lowest BCUT2D eigenvalue weighted by Crippen LogP contribution is -2.33. The van der Waals surface area contributed by atoms with Crippen molar-refractivity contribution >= 4 is 0 Å². The van der Waals surface area contributed by atoms with E-state index < -0.39 is 6.29 Å². The van der Waals surface area contributed by atoms with Gasteiger partial charge in [0.15, 0.2) is 6.29 Å². The van der Waals surface area contributed by atoms with Gasteiger partial charge in [-0.25, -0.2) is 0 Å². The summed E-state index contributed by atoms with van der Waals surface area (Å²) >= 11 is 0. The van der Waals surface area contributed by atoms with Gasteiger partial charge >= 0.3 is 0 Å². The minimum Gasteiger partial charge on any atom is -0.366 e. The molecule has 1 aromatic carbocycles. The first-order valence-electron chi connectivity index (χ1n) is 9.37.